The Labute approximate surface area is 159 Å². The zero-order valence-corrected chi connectivity index (χ0v) is 16.2. The van der Waals surface area contributed by atoms with Gasteiger partial charge in [-0.25, -0.2) is 0 Å². The molecule has 138 valence electrons. The van der Waals surface area contributed by atoms with Crippen molar-refractivity contribution in [3.63, 3.8) is 0 Å². The number of nitriles is 2. The van der Waals surface area contributed by atoms with Crippen molar-refractivity contribution < 1.29 is 4.79 Å². The fraction of sp³-hybridized carbons (Fsp3) is 0.526. The van der Waals surface area contributed by atoms with Crippen molar-refractivity contribution in [3.05, 3.63) is 28.8 Å². The topological polar surface area (TPSA) is 83.2 Å². The van der Waals surface area contributed by atoms with E-state index in [-0.39, 0.29) is 18.4 Å². The molecule has 1 fully saturated rings. The van der Waals surface area contributed by atoms with E-state index < -0.39 is 5.54 Å². The summed E-state index contributed by atoms with van der Waals surface area (Å²) in [5.41, 5.74) is 0.598. The summed E-state index contributed by atoms with van der Waals surface area (Å²) in [5, 5.41) is 21.7. The smallest absolute Gasteiger partial charge is 0.235 e. The molecule has 1 amide bonds. The van der Waals surface area contributed by atoms with Crippen LogP contribution in [0.5, 0.6) is 0 Å². The summed E-state index contributed by atoms with van der Waals surface area (Å²) in [5.74, 6) is -0.0978. The van der Waals surface area contributed by atoms with Crippen molar-refractivity contribution in [1.82, 2.24) is 10.2 Å². The third-order valence-corrected chi connectivity index (χ3v) is 5.25. The second-order valence-electron chi connectivity index (χ2n) is 7.06. The van der Waals surface area contributed by atoms with E-state index in [2.05, 4.69) is 27.3 Å². The SMILES string of the molecule is CC(C)C(C)(C#N)NC(=O)CN1CCN(c2ccc(C#N)cc2Cl)CC1. The quantitative estimate of drug-likeness (QED) is 0.856. The Morgan fingerprint density at radius 1 is 1.31 bits per heavy atom. The fourth-order valence-corrected chi connectivity index (χ4v) is 3.11. The highest BCUT2D eigenvalue weighted by Crippen LogP contribution is 2.27. The van der Waals surface area contributed by atoms with Crippen LogP contribution in [0.1, 0.15) is 26.3 Å². The maximum atomic E-state index is 12.3. The predicted molar refractivity (Wildman–Crippen MR) is 102 cm³/mol. The van der Waals surface area contributed by atoms with Crippen LogP contribution in [0.2, 0.25) is 5.02 Å². The molecule has 0 radical (unpaired) electrons. The van der Waals surface area contributed by atoms with Gasteiger partial charge in [-0.3, -0.25) is 9.69 Å². The van der Waals surface area contributed by atoms with Crippen LogP contribution in [-0.4, -0.2) is 49.1 Å². The van der Waals surface area contributed by atoms with Gasteiger partial charge in [-0.1, -0.05) is 25.4 Å². The minimum absolute atomic E-state index is 0.0341. The molecule has 1 atom stereocenters. The van der Waals surface area contributed by atoms with E-state index >= 15 is 0 Å². The number of amides is 1. The third kappa shape index (κ3) is 4.66. The molecule has 1 saturated heterocycles. The molecular weight excluding hydrogens is 350 g/mol. The summed E-state index contributed by atoms with van der Waals surface area (Å²) in [6.07, 6.45) is 0. The molecule has 1 unspecified atom stereocenters. The van der Waals surface area contributed by atoms with Gasteiger partial charge in [-0.15, -0.1) is 0 Å². The molecule has 1 aliphatic rings. The van der Waals surface area contributed by atoms with Crippen LogP contribution in [-0.2, 0) is 4.79 Å². The third-order valence-electron chi connectivity index (χ3n) is 4.94. The van der Waals surface area contributed by atoms with Gasteiger partial charge < -0.3 is 10.2 Å². The maximum Gasteiger partial charge on any atom is 0.235 e. The molecule has 1 aliphatic heterocycles. The molecule has 1 heterocycles. The minimum atomic E-state index is -0.852. The van der Waals surface area contributed by atoms with Crippen molar-refractivity contribution in [2.24, 2.45) is 5.92 Å². The average molecular weight is 374 g/mol. The van der Waals surface area contributed by atoms with E-state index in [1.165, 1.54) is 0 Å². The van der Waals surface area contributed by atoms with Crippen molar-refractivity contribution in [2.75, 3.05) is 37.6 Å². The molecular formula is C19H24ClN5O. The first kappa shape index (κ1) is 20.0. The summed E-state index contributed by atoms with van der Waals surface area (Å²) in [4.78, 5) is 16.5. The first-order chi connectivity index (χ1) is 12.3. The molecule has 26 heavy (non-hydrogen) atoms. The number of benzene rings is 1. The lowest BCUT2D eigenvalue weighted by Crippen LogP contribution is -2.54. The molecule has 0 spiro atoms. The van der Waals surface area contributed by atoms with Crippen LogP contribution in [0.3, 0.4) is 0 Å². The number of hydrogen-bond acceptors (Lipinski definition) is 5. The summed E-state index contributed by atoms with van der Waals surface area (Å²) >= 11 is 6.28. The number of halogens is 1. The van der Waals surface area contributed by atoms with Gasteiger partial charge in [0.15, 0.2) is 0 Å². The molecule has 0 aliphatic carbocycles. The number of nitrogens with one attached hydrogen (secondary N) is 1. The lowest BCUT2D eigenvalue weighted by molar-refractivity contribution is -0.124. The first-order valence-corrected chi connectivity index (χ1v) is 9.06. The Morgan fingerprint density at radius 3 is 2.46 bits per heavy atom. The number of nitrogens with zero attached hydrogens (tertiary/aromatic N) is 4. The average Bonchev–Trinajstić information content (AvgIpc) is 2.62. The van der Waals surface area contributed by atoms with Crippen molar-refractivity contribution >= 4 is 23.2 Å². The van der Waals surface area contributed by atoms with E-state index in [9.17, 15) is 10.1 Å². The van der Waals surface area contributed by atoms with Gasteiger partial charge in [-0.05, 0) is 31.0 Å². The largest absolute Gasteiger partial charge is 0.368 e. The van der Waals surface area contributed by atoms with Gasteiger partial charge in [-0.2, -0.15) is 10.5 Å². The highest BCUT2D eigenvalue weighted by molar-refractivity contribution is 6.33. The lowest BCUT2D eigenvalue weighted by Gasteiger charge is -2.36. The van der Waals surface area contributed by atoms with Crippen molar-refractivity contribution in [1.29, 1.82) is 10.5 Å². The Bertz CT molecular complexity index is 743. The summed E-state index contributed by atoms with van der Waals surface area (Å²) in [6, 6.07) is 9.57. The number of hydrogen-bond donors (Lipinski definition) is 1. The molecule has 7 heteroatoms. The monoisotopic (exact) mass is 373 g/mol. The fourth-order valence-electron chi connectivity index (χ4n) is 2.81. The van der Waals surface area contributed by atoms with Gasteiger partial charge in [0.25, 0.3) is 0 Å². The molecule has 1 aromatic carbocycles. The van der Waals surface area contributed by atoms with Gasteiger partial charge in [0.1, 0.15) is 5.54 Å². The Morgan fingerprint density at radius 2 is 1.96 bits per heavy atom. The Hall–Kier alpha value is -2.28. The summed E-state index contributed by atoms with van der Waals surface area (Å²) in [7, 11) is 0. The first-order valence-electron chi connectivity index (χ1n) is 8.68. The van der Waals surface area contributed by atoms with E-state index in [0.717, 1.165) is 31.9 Å². The number of anilines is 1. The zero-order valence-electron chi connectivity index (χ0n) is 15.4. The van der Waals surface area contributed by atoms with Crippen LogP contribution in [0.25, 0.3) is 0 Å². The highest BCUT2D eigenvalue weighted by atomic mass is 35.5. The van der Waals surface area contributed by atoms with Crippen LogP contribution in [0.15, 0.2) is 18.2 Å². The van der Waals surface area contributed by atoms with Gasteiger partial charge in [0, 0.05) is 26.2 Å². The minimum Gasteiger partial charge on any atom is -0.368 e. The van der Waals surface area contributed by atoms with Crippen LogP contribution >= 0.6 is 11.6 Å². The molecule has 1 aromatic rings. The number of rotatable bonds is 5. The van der Waals surface area contributed by atoms with Crippen molar-refractivity contribution in [3.8, 4) is 12.1 Å². The molecule has 1 N–H and O–H groups in total. The second-order valence-corrected chi connectivity index (χ2v) is 7.47. The maximum absolute atomic E-state index is 12.3. The second kappa shape index (κ2) is 8.40. The van der Waals surface area contributed by atoms with Crippen LogP contribution < -0.4 is 10.2 Å². The predicted octanol–water partition coefficient (Wildman–Crippen LogP) is 2.39. The van der Waals surface area contributed by atoms with E-state index in [0.29, 0.717) is 10.6 Å². The van der Waals surface area contributed by atoms with E-state index in [1.54, 1.807) is 19.1 Å². The van der Waals surface area contributed by atoms with Crippen molar-refractivity contribution in [2.45, 2.75) is 26.3 Å². The molecule has 2 rings (SSSR count). The van der Waals surface area contributed by atoms with E-state index in [1.807, 2.05) is 19.9 Å². The van der Waals surface area contributed by atoms with Gasteiger partial charge >= 0.3 is 0 Å². The molecule has 0 bridgehead atoms. The molecule has 6 nitrogen and oxygen atoms in total. The number of carbonyl (C=O) groups is 1. The van der Waals surface area contributed by atoms with Gasteiger partial charge in [0.05, 0.1) is 35.0 Å². The normalized spacial score (nSPS) is 17.3. The Balaban J connectivity index is 1.90. The van der Waals surface area contributed by atoms with Crippen LogP contribution in [0.4, 0.5) is 5.69 Å². The highest BCUT2D eigenvalue weighted by Gasteiger charge is 2.31. The number of carbonyl (C=O) groups excluding carboxylic acids is 1. The summed E-state index contributed by atoms with van der Waals surface area (Å²) in [6.45, 7) is 8.83. The molecule has 0 aromatic heterocycles. The van der Waals surface area contributed by atoms with E-state index in [4.69, 9.17) is 16.9 Å². The number of piperazine rings is 1. The van der Waals surface area contributed by atoms with Crippen LogP contribution in [0, 0.1) is 28.6 Å². The zero-order chi connectivity index (χ0) is 19.3. The standard InChI is InChI=1S/C19H24ClN5O/c1-14(2)19(3,13-22)23-18(26)12-24-6-8-25(9-7-24)17-5-4-15(11-21)10-16(17)20/h4-5,10,14H,6-9,12H2,1-3H3,(H,23,26). The van der Waals surface area contributed by atoms with Gasteiger partial charge in [0.2, 0.25) is 5.91 Å². The molecule has 0 saturated carbocycles. The summed E-state index contributed by atoms with van der Waals surface area (Å²) < 4.78 is 0. The lowest BCUT2D eigenvalue weighted by atomic mass is 9.90. The Kier molecular flexibility index (Phi) is 6.47.